The number of carbonyl (C=O) groups excluding carboxylic acids is 2. The Balaban J connectivity index is 1.26. The second-order valence-corrected chi connectivity index (χ2v) is 8.11. The van der Waals surface area contributed by atoms with Gasteiger partial charge in [-0.25, -0.2) is 5.01 Å². The Labute approximate surface area is 183 Å². The fourth-order valence-electron chi connectivity index (χ4n) is 4.24. The van der Waals surface area contributed by atoms with Crippen LogP contribution in [0.15, 0.2) is 58.2 Å². The van der Waals surface area contributed by atoms with E-state index in [4.69, 9.17) is 4.42 Å². The van der Waals surface area contributed by atoms with Crippen LogP contribution in [0.2, 0.25) is 0 Å². The number of piperidine rings is 1. The highest BCUT2D eigenvalue weighted by atomic mass is 16.3. The first kappa shape index (κ1) is 21.3. The summed E-state index contributed by atoms with van der Waals surface area (Å²) < 4.78 is 5.62. The minimum atomic E-state index is -0.117. The standard InChI is InChI=1S/C24H30N4O3/c29-23(25-18-21(22-10-7-17-31-22)27-14-5-2-6-15-27)11-12-24(30)28-16-13-20(26-28)19-8-3-1-4-9-19/h1,3-4,7-10,17,21H,2,5-6,11-16,18H2,(H,25,29). The van der Waals surface area contributed by atoms with Gasteiger partial charge in [-0.15, -0.1) is 0 Å². The van der Waals surface area contributed by atoms with Crippen molar-refractivity contribution in [2.45, 2.75) is 44.6 Å². The number of rotatable bonds is 8. The minimum absolute atomic E-state index is 0.0339. The van der Waals surface area contributed by atoms with Crippen LogP contribution in [0.5, 0.6) is 0 Å². The molecule has 3 heterocycles. The van der Waals surface area contributed by atoms with Crippen LogP contribution >= 0.6 is 0 Å². The van der Waals surface area contributed by atoms with Crippen LogP contribution in [-0.4, -0.2) is 53.6 Å². The number of hydrogen-bond donors (Lipinski definition) is 1. The number of nitrogens with zero attached hydrogens (tertiary/aromatic N) is 3. The Morgan fingerprint density at radius 1 is 1.00 bits per heavy atom. The summed E-state index contributed by atoms with van der Waals surface area (Å²) in [7, 11) is 0. The van der Waals surface area contributed by atoms with Gasteiger partial charge in [0.05, 0.1) is 24.6 Å². The van der Waals surface area contributed by atoms with E-state index in [2.05, 4.69) is 15.3 Å². The van der Waals surface area contributed by atoms with Crippen molar-refractivity contribution in [2.75, 3.05) is 26.2 Å². The van der Waals surface area contributed by atoms with Gasteiger partial charge in [-0.1, -0.05) is 36.8 Å². The molecule has 1 aromatic heterocycles. The van der Waals surface area contributed by atoms with Crippen LogP contribution in [-0.2, 0) is 9.59 Å². The van der Waals surface area contributed by atoms with Gasteiger partial charge in [-0.05, 0) is 43.6 Å². The lowest BCUT2D eigenvalue weighted by Crippen LogP contribution is -2.40. The Morgan fingerprint density at radius 2 is 1.81 bits per heavy atom. The van der Waals surface area contributed by atoms with E-state index in [1.54, 1.807) is 6.26 Å². The summed E-state index contributed by atoms with van der Waals surface area (Å²) in [6.45, 7) is 3.08. The summed E-state index contributed by atoms with van der Waals surface area (Å²) in [5, 5.41) is 8.95. The largest absolute Gasteiger partial charge is 0.468 e. The van der Waals surface area contributed by atoms with Crippen molar-refractivity contribution in [1.82, 2.24) is 15.2 Å². The second-order valence-electron chi connectivity index (χ2n) is 8.11. The predicted octanol–water partition coefficient (Wildman–Crippen LogP) is 3.34. The Morgan fingerprint density at radius 3 is 2.55 bits per heavy atom. The molecule has 1 aromatic carbocycles. The lowest BCUT2D eigenvalue weighted by Gasteiger charge is -2.33. The molecule has 2 amide bonds. The molecule has 7 nitrogen and oxygen atoms in total. The number of nitrogens with one attached hydrogen (secondary N) is 1. The van der Waals surface area contributed by atoms with Crippen molar-refractivity contribution in [3.63, 3.8) is 0 Å². The third-order valence-corrected chi connectivity index (χ3v) is 5.96. The van der Waals surface area contributed by atoms with Gasteiger partial charge in [-0.3, -0.25) is 14.5 Å². The highest BCUT2D eigenvalue weighted by Gasteiger charge is 2.26. The van der Waals surface area contributed by atoms with Crippen LogP contribution < -0.4 is 5.32 Å². The Hall–Kier alpha value is -2.93. The highest BCUT2D eigenvalue weighted by Crippen LogP contribution is 2.24. The zero-order chi connectivity index (χ0) is 21.5. The van der Waals surface area contributed by atoms with Gasteiger partial charge < -0.3 is 9.73 Å². The van der Waals surface area contributed by atoms with Crippen LogP contribution in [0, 0.1) is 0 Å². The summed E-state index contributed by atoms with van der Waals surface area (Å²) in [6, 6.07) is 13.8. The molecule has 164 valence electrons. The molecular weight excluding hydrogens is 392 g/mol. The van der Waals surface area contributed by atoms with Gasteiger partial charge >= 0.3 is 0 Å². The Bertz CT molecular complexity index is 889. The number of likely N-dealkylation sites (tertiary alicyclic amines) is 1. The molecule has 2 aromatic rings. The molecule has 1 N–H and O–H groups in total. The first-order valence-electron chi connectivity index (χ1n) is 11.2. The van der Waals surface area contributed by atoms with E-state index in [0.29, 0.717) is 13.1 Å². The van der Waals surface area contributed by atoms with Crippen molar-refractivity contribution in [2.24, 2.45) is 5.10 Å². The second kappa shape index (κ2) is 10.4. The number of hydrazone groups is 1. The van der Waals surface area contributed by atoms with Gasteiger partial charge in [-0.2, -0.15) is 5.10 Å². The van der Waals surface area contributed by atoms with E-state index in [1.165, 1.54) is 24.3 Å². The number of carbonyl (C=O) groups is 2. The maximum absolute atomic E-state index is 12.5. The molecule has 31 heavy (non-hydrogen) atoms. The third-order valence-electron chi connectivity index (χ3n) is 5.96. The van der Waals surface area contributed by atoms with E-state index >= 15 is 0 Å². The Kier molecular flexibility index (Phi) is 7.14. The highest BCUT2D eigenvalue weighted by molar-refractivity contribution is 6.02. The zero-order valence-corrected chi connectivity index (χ0v) is 17.8. The van der Waals surface area contributed by atoms with Crippen molar-refractivity contribution in [3.05, 3.63) is 60.1 Å². The zero-order valence-electron chi connectivity index (χ0n) is 17.8. The topological polar surface area (TPSA) is 78.1 Å². The minimum Gasteiger partial charge on any atom is -0.468 e. The van der Waals surface area contributed by atoms with Crippen LogP contribution in [0.25, 0.3) is 0 Å². The summed E-state index contributed by atoms with van der Waals surface area (Å²) in [4.78, 5) is 27.3. The molecule has 1 saturated heterocycles. The lowest BCUT2D eigenvalue weighted by atomic mass is 10.1. The number of furan rings is 1. The van der Waals surface area contributed by atoms with E-state index in [0.717, 1.165) is 36.5 Å². The van der Waals surface area contributed by atoms with E-state index in [-0.39, 0.29) is 30.7 Å². The average molecular weight is 423 g/mol. The third kappa shape index (κ3) is 5.61. The fraction of sp³-hybridized carbons (Fsp3) is 0.458. The summed E-state index contributed by atoms with van der Waals surface area (Å²) in [6.07, 6.45) is 6.32. The molecule has 7 heteroatoms. The van der Waals surface area contributed by atoms with Crippen molar-refractivity contribution < 1.29 is 14.0 Å². The van der Waals surface area contributed by atoms with Gasteiger partial charge in [0.2, 0.25) is 11.8 Å². The quantitative estimate of drug-likeness (QED) is 0.708. The van der Waals surface area contributed by atoms with Gasteiger partial charge in [0.25, 0.3) is 0 Å². The summed E-state index contributed by atoms with van der Waals surface area (Å²) >= 11 is 0. The number of benzene rings is 1. The first-order valence-corrected chi connectivity index (χ1v) is 11.2. The predicted molar refractivity (Wildman–Crippen MR) is 118 cm³/mol. The smallest absolute Gasteiger partial charge is 0.243 e. The SMILES string of the molecule is O=C(CCC(=O)N1CCC(c2ccccc2)=N1)NCC(c1ccco1)N1CCCCC1. The molecule has 4 rings (SSSR count). The summed E-state index contributed by atoms with van der Waals surface area (Å²) in [5.74, 6) is 0.645. The van der Waals surface area contributed by atoms with E-state index in [1.807, 2.05) is 42.5 Å². The van der Waals surface area contributed by atoms with E-state index < -0.39 is 0 Å². The van der Waals surface area contributed by atoms with Crippen molar-refractivity contribution >= 4 is 17.5 Å². The van der Waals surface area contributed by atoms with Crippen LogP contribution in [0.4, 0.5) is 0 Å². The monoisotopic (exact) mass is 422 g/mol. The summed E-state index contributed by atoms with van der Waals surface area (Å²) in [5.41, 5.74) is 1.96. The van der Waals surface area contributed by atoms with Gasteiger partial charge in [0.15, 0.2) is 0 Å². The number of amides is 2. The molecule has 0 bridgehead atoms. The maximum Gasteiger partial charge on any atom is 0.243 e. The van der Waals surface area contributed by atoms with Gasteiger partial charge in [0, 0.05) is 25.8 Å². The molecule has 1 unspecified atom stereocenters. The van der Waals surface area contributed by atoms with Gasteiger partial charge in [0.1, 0.15) is 5.76 Å². The van der Waals surface area contributed by atoms with Crippen molar-refractivity contribution in [1.29, 1.82) is 0 Å². The lowest BCUT2D eigenvalue weighted by molar-refractivity contribution is -0.133. The normalized spacial score (nSPS) is 17.9. The molecular formula is C24H30N4O3. The molecule has 0 radical (unpaired) electrons. The fourth-order valence-corrected chi connectivity index (χ4v) is 4.24. The molecule has 1 atom stereocenters. The molecule has 0 saturated carbocycles. The molecule has 0 spiro atoms. The molecule has 2 aliphatic rings. The van der Waals surface area contributed by atoms with Crippen LogP contribution in [0.1, 0.15) is 55.9 Å². The molecule has 0 aliphatic carbocycles. The molecule has 2 aliphatic heterocycles. The number of hydrogen-bond acceptors (Lipinski definition) is 5. The van der Waals surface area contributed by atoms with Crippen LogP contribution in [0.3, 0.4) is 0 Å². The van der Waals surface area contributed by atoms with E-state index in [9.17, 15) is 9.59 Å². The maximum atomic E-state index is 12.5. The first-order chi connectivity index (χ1) is 15.2. The van der Waals surface area contributed by atoms with Crippen molar-refractivity contribution in [3.8, 4) is 0 Å². The molecule has 1 fully saturated rings. The average Bonchev–Trinajstić information content (AvgIpc) is 3.52.